The summed E-state index contributed by atoms with van der Waals surface area (Å²) in [4.78, 5) is 11.2. The third-order valence-corrected chi connectivity index (χ3v) is 3.54. The normalized spacial score (nSPS) is 50.1. The third-order valence-electron chi connectivity index (χ3n) is 3.54. The molecule has 0 unspecified atom stereocenters. The highest BCUT2D eigenvalue weighted by Crippen LogP contribution is 2.45. The van der Waals surface area contributed by atoms with Crippen LogP contribution < -0.4 is 0 Å². The van der Waals surface area contributed by atoms with Gasteiger partial charge in [0.15, 0.2) is 0 Å². The van der Waals surface area contributed by atoms with Gasteiger partial charge in [-0.3, -0.25) is 4.79 Å². The third kappa shape index (κ3) is 1.46. The Balaban J connectivity index is 2.22. The van der Waals surface area contributed by atoms with Gasteiger partial charge in [0.05, 0.1) is 12.0 Å². The molecular formula is C10H16O3. The zero-order valence-corrected chi connectivity index (χ0v) is 8.12. The Bertz CT molecular complexity index is 234. The van der Waals surface area contributed by atoms with Crippen molar-refractivity contribution in [3.8, 4) is 0 Å². The molecule has 4 atom stereocenters. The second-order valence-corrected chi connectivity index (χ2v) is 4.65. The van der Waals surface area contributed by atoms with Crippen LogP contribution in [-0.4, -0.2) is 22.8 Å². The van der Waals surface area contributed by atoms with E-state index in [2.05, 4.69) is 0 Å². The van der Waals surface area contributed by atoms with Crippen LogP contribution >= 0.6 is 0 Å². The number of hydrogen-bond acceptors (Lipinski definition) is 3. The van der Waals surface area contributed by atoms with Crippen LogP contribution in [0, 0.1) is 11.8 Å². The maximum Gasteiger partial charge on any atom is 0.306 e. The van der Waals surface area contributed by atoms with E-state index in [4.69, 9.17) is 4.74 Å². The first-order valence-electron chi connectivity index (χ1n) is 4.91. The first-order valence-corrected chi connectivity index (χ1v) is 4.91. The van der Waals surface area contributed by atoms with Gasteiger partial charge in [-0.2, -0.15) is 0 Å². The molecule has 0 radical (unpaired) electrons. The van der Waals surface area contributed by atoms with Gasteiger partial charge in [-0.05, 0) is 38.5 Å². The van der Waals surface area contributed by atoms with Gasteiger partial charge in [-0.25, -0.2) is 0 Å². The summed E-state index contributed by atoms with van der Waals surface area (Å²) in [5, 5.41) is 10.0. The molecule has 1 N–H and O–H groups in total. The zero-order chi connectivity index (χ0) is 9.64. The molecule has 13 heavy (non-hydrogen) atoms. The Morgan fingerprint density at radius 1 is 1.62 bits per heavy atom. The van der Waals surface area contributed by atoms with Crippen molar-refractivity contribution in [2.75, 3.05) is 0 Å². The molecule has 2 aliphatic rings. The average Bonchev–Trinajstić information content (AvgIpc) is 2.18. The molecule has 3 nitrogen and oxygen atoms in total. The summed E-state index contributed by atoms with van der Waals surface area (Å²) in [7, 11) is 0. The molecule has 0 aromatic carbocycles. The summed E-state index contributed by atoms with van der Waals surface area (Å²) < 4.78 is 5.19. The Morgan fingerprint density at radius 3 is 3.00 bits per heavy atom. The predicted molar refractivity (Wildman–Crippen MR) is 47.0 cm³/mol. The van der Waals surface area contributed by atoms with Crippen LogP contribution in [0.3, 0.4) is 0 Å². The number of carbonyl (C=O) groups excluding carboxylic acids is 1. The van der Waals surface area contributed by atoms with E-state index in [0.717, 1.165) is 12.8 Å². The highest BCUT2D eigenvalue weighted by molar-refractivity contribution is 5.70. The van der Waals surface area contributed by atoms with Crippen molar-refractivity contribution in [1.82, 2.24) is 0 Å². The molecule has 2 rings (SSSR count). The molecule has 3 heteroatoms. The maximum absolute atomic E-state index is 11.2. The summed E-state index contributed by atoms with van der Waals surface area (Å²) >= 11 is 0. The lowest BCUT2D eigenvalue weighted by atomic mass is 9.90. The molecule has 1 heterocycles. The van der Waals surface area contributed by atoms with E-state index in [-0.39, 0.29) is 18.0 Å². The molecule has 0 aromatic rings. The molecule has 2 fully saturated rings. The second-order valence-electron chi connectivity index (χ2n) is 4.65. The lowest BCUT2D eigenvalue weighted by Gasteiger charge is -2.27. The monoisotopic (exact) mass is 184 g/mol. The van der Waals surface area contributed by atoms with E-state index in [1.165, 1.54) is 0 Å². The van der Waals surface area contributed by atoms with Crippen LogP contribution in [0.1, 0.15) is 33.1 Å². The van der Waals surface area contributed by atoms with Gasteiger partial charge in [-0.1, -0.05) is 0 Å². The SMILES string of the molecule is C[C@H]1OC(=O)C[C@@H]2C[C@H]1C[C@@]2(C)O. The van der Waals surface area contributed by atoms with Gasteiger partial charge >= 0.3 is 5.97 Å². The zero-order valence-electron chi connectivity index (χ0n) is 8.12. The molecule has 1 saturated carbocycles. The highest BCUT2D eigenvalue weighted by Gasteiger charge is 2.48. The molecular weight excluding hydrogens is 168 g/mol. The number of aliphatic hydroxyl groups is 1. The smallest absolute Gasteiger partial charge is 0.306 e. The van der Waals surface area contributed by atoms with E-state index >= 15 is 0 Å². The van der Waals surface area contributed by atoms with Crippen molar-refractivity contribution in [2.24, 2.45) is 11.8 Å². The number of ether oxygens (including phenoxy) is 1. The molecule has 2 bridgehead atoms. The van der Waals surface area contributed by atoms with E-state index in [9.17, 15) is 9.90 Å². The first kappa shape index (κ1) is 9.00. The van der Waals surface area contributed by atoms with E-state index in [0.29, 0.717) is 12.3 Å². The molecule has 0 spiro atoms. The lowest BCUT2D eigenvalue weighted by Crippen LogP contribution is -2.34. The average molecular weight is 184 g/mol. The van der Waals surface area contributed by atoms with Crippen LogP contribution in [0.5, 0.6) is 0 Å². The van der Waals surface area contributed by atoms with Crippen LogP contribution in [0.4, 0.5) is 0 Å². The number of hydrogen-bond donors (Lipinski definition) is 1. The maximum atomic E-state index is 11.2. The summed E-state index contributed by atoms with van der Waals surface area (Å²) in [5.74, 6) is 0.307. The van der Waals surface area contributed by atoms with E-state index in [1.54, 1.807) is 0 Å². The summed E-state index contributed by atoms with van der Waals surface area (Å²) in [6, 6.07) is 0. The van der Waals surface area contributed by atoms with Gasteiger partial charge in [-0.15, -0.1) is 0 Å². The van der Waals surface area contributed by atoms with Crippen LogP contribution in [0.15, 0.2) is 0 Å². The van der Waals surface area contributed by atoms with Gasteiger partial charge in [0, 0.05) is 0 Å². The number of carbonyl (C=O) groups is 1. The predicted octanol–water partition coefficient (Wildman–Crippen LogP) is 1.10. The van der Waals surface area contributed by atoms with Crippen LogP contribution in [0.25, 0.3) is 0 Å². The summed E-state index contributed by atoms with van der Waals surface area (Å²) in [6.45, 7) is 3.76. The minimum atomic E-state index is -0.654. The summed E-state index contributed by atoms with van der Waals surface area (Å²) in [5.41, 5.74) is -0.654. The van der Waals surface area contributed by atoms with Crippen LogP contribution in [0.2, 0.25) is 0 Å². The molecule has 74 valence electrons. The minimum Gasteiger partial charge on any atom is -0.462 e. The highest BCUT2D eigenvalue weighted by atomic mass is 16.5. The van der Waals surface area contributed by atoms with Crippen molar-refractivity contribution >= 4 is 5.97 Å². The molecule has 1 aliphatic carbocycles. The minimum absolute atomic E-state index is 0.0218. The van der Waals surface area contributed by atoms with E-state index < -0.39 is 5.60 Å². The lowest BCUT2D eigenvalue weighted by molar-refractivity contribution is -0.153. The fourth-order valence-electron chi connectivity index (χ4n) is 2.61. The number of fused-ring (bicyclic) bond motifs is 2. The number of cyclic esters (lactones) is 1. The Kier molecular flexibility index (Phi) is 1.88. The topological polar surface area (TPSA) is 46.5 Å². The van der Waals surface area contributed by atoms with Gasteiger partial charge in [0.2, 0.25) is 0 Å². The van der Waals surface area contributed by atoms with Crippen molar-refractivity contribution in [3.05, 3.63) is 0 Å². The fraction of sp³-hybridized carbons (Fsp3) is 0.900. The quantitative estimate of drug-likeness (QED) is 0.573. The van der Waals surface area contributed by atoms with Gasteiger partial charge < -0.3 is 9.84 Å². The largest absolute Gasteiger partial charge is 0.462 e. The van der Waals surface area contributed by atoms with Crippen molar-refractivity contribution in [2.45, 2.75) is 44.8 Å². The number of esters is 1. The second kappa shape index (κ2) is 2.71. The molecule has 1 saturated heterocycles. The molecule has 0 amide bonds. The molecule has 1 aliphatic heterocycles. The molecule has 0 aromatic heterocycles. The van der Waals surface area contributed by atoms with Crippen molar-refractivity contribution in [1.29, 1.82) is 0 Å². The Hall–Kier alpha value is -0.570. The standard InChI is InChI=1S/C10H16O3/c1-6-7-3-8(4-9(11)13-6)10(2,12)5-7/h6-8,12H,3-5H2,1-2H3/t6-,7+,8+,10-/m1/s1. The Labute approximate surface area is 78.1 Å². The van der Waals surface area contributed by atoms with Crippen LogP contribution in [-0.2, 0) is 9.53 Å². The van der Waals surface area contributed by atoms with Gasteiger partial charge in [0.25, 0.3) is 0 Å². The Morgan fingerprint density at radius 2 is 2.31 bits per heavy atom. The van der Waals surface area contributed by atoms with Crippen molar-refractivity contribution < 1.29 is 14.6 Å². The fourth-order valence-corrected chi connectivity index (χ4v) is 2.61. The van der Waals surface area contributed by atoms with Gasteiger partial charge in [0.1, 0.15) is 6.10 Å². The van der Waals surface area contributed by atoms with E-state index in [1.807, 2.05) is 13.8 Å². The number of rotatable bonds is 0. The van der Waals surface area contributed by atoms with Crippen molar-refractivity contribution in [3.63, 3.8) is 0 Å². The summed E-state index contributed by atoms with van der Waals surface area (Å²) in [6.07, 6.45) is 2.06. The first-order chi connectivity index (χ1) is 5.99.